The Morgan fingerprint density at radius 2 is 1.69 bits per heavy atom. The van der Waals surface area contributed by atoms with Crippen molar-refractivity contribution in [1.82, 2.24) is 4.57 Å². The molecular formula is C31H34N2O2. The number of hydrogen-bond acceptors (Lipinski definition) is 3. The van der Waals surface area contributed by atoms with E-state index in [1.807, 2.05) is 37.3 Å². The van der Waals surface area contributed by atoms with E-state index in [1.54, 1.807) is 0 Å². The van der Waals surface area contributed by atoms with Gasteiger partial charge in [-0.3, -0.25) is 4.79 Å². The molecule has 3 aromatic carbocycles. The first-order valence-corrected chi connectivity index (χ1v) is 12.9. The van der Waals surface area contributed by atoms with Crippen LogP contribution >= 0.6 is 0 Å². The number of fused-ring (bicyclic) bond motifs is 3. The van der Waals surface area contributed by atoms with Gasteiger partial charge in [-0.15, -0.1) is 0 Å². The molecule has 4 heteroatoms. The summed E-state index contributed by atoms with van der Waals surface area (Å²) in [7, 11) is 0. The molecule has 0 amide bonds. The number of aryl methyl sites for hydroxylation is 2. The molecule has 0 spiro atoms. The summed E-state index contributed by atoms with van der Waals surface area (Å²) >= 11 is 0. The molecule has 4 aromatic rings. The first kappa shape index (κ1) is 23.3. The molecule has 0 saturated heterocycles. The smallest absolute Gasteiger partial charge is 0.137 e. The maximum atomic E-state index is 12.9. The lowest BCUT2D eigenvalue weighted by Crippen LogP contribution is -2.13. The van der Waals surface area contributed by atoms with Crippen molar-refractivity contribution in [2.24, 2.45) is 11.1 Å². The predicted molar refractivity (Wildman–Crippen MR) is 144 cm³/mol. The third kappa shape index (κ3) is 4.62. The molecule has 1 fully saturated rings. The molecule has 35 heavy (non-hydrogen) atoms. The number of aromatic nitrogens is 1. The summed E-state index contributed by atoms with van der Waals surface area (Å²) in [5.41, 5.74) is 6.83. The Labute approximate surface area is 207 Å². The van der Waals surface area contributed by atoms with Gasteiger partial charge in [0.05, 0.1) is 0 Å². The van der Waals surface area contributed by atoms with Crippen molar-refractivity contribution in [3.05, 3.63) is 82.9 Å². The van der Waals surface area contributed by atoms with Crippen molar-refractivity contribution in [3.63, 3.8) is 0 Å². The highest BCUT2D eigenvalue weighted by atomic mass is 16.4. The van der Waals surface area contributed by atoms with Gasteiger partial charge in [-0.1, -0.05) is 73.7 Å². The van der Waals surface area contributed by atoms with Gasteiger partial charge in [0.15, 0.2) is 0 Å². The standard InChI is InChI=1S/C31H34N2O2/c1-3-33-29-15-13-23(18-25(34)17-22-10-5-4-6-11-22)19-27(29)28-20-24(14-16-30(28)33)31(32-35)26-12-8-7-9-21(26)2/h7-9,12-16,19-20,22,35H,3-6,10-11,17-18H2,1-2H3. The van der Waals surface area contributed by atoms with Gasteiger partial charge in [-0.2, -0.15) is 0 Å². The average molecular weight is 467 g/mol. The maximum absolute atomic E-state index is 12.9. The van der Waals surface area contributed by atoms with Crippen LogP contribution in [0.3, 0.4) is 0 Å². The lowest BCUT2D eigenvalue weighted by Gasteiger charge is -2.20. The summed E-state index contributed by atoms with van der Waals surface area (Å²) < 4.78 is 2.31. The van der Waals surface area contributed by atoms with Gasteiger partial charge in [0.25, 0.3) is 0 Å². The number of Topliss-reactive ketones (excluding diaryl/α,β-unsaturated/α-hetero) is 1. The van der Waals surface area contributed by atoms with Crippen LogP contribution in [0.5, 0.6) is 0 Å². The Hall–Kier alpha value is -3.40. The van der Waals surface area contributed by atoms with Gasteiger partial charge in [-0.25, -0.2) is 0 Å². The van der Waals surface area contributed by atoms with Gasteiger partial charge < -0.3 is 9.77 Å². The zero-order chi connectivity index (χ0) is 24.4. The molecule has 0 atom stereocenters. The number of oxime groups is 1. The Balaban J connectivity index is 1.52. The van der Waals surface area contributed by atoms with Gasteiger partial charge in [0.1, 0.15) is 11.5 Å². The van der Waals surface area contributed by atoms with Crippen LogP contribution in [0.15, 0.2) is 65.8 Å². The van der Waals surface area contributed by atoms with Crippen LogP contribution in [0.25, 0.3) is 21.8 Å². The zero-order valence-electron chi connectivity index (χ0n) is 20.8. The third-order valence-electron chi connectivity index (χ3n) is 7.66. The van der Waals surface area contributed by atoms with Crippen molar-refractivity contribution in [1.29, 1.82) is 0 Å². The molecule has 0 unspecified atom stereocenters. The van der Waals surface area contributed by atoms with E-state index in [0.717, 1.165) is 45.1 Å². The van der Waals surface area contributed by atoms with Crippen LogP contribution in [0.4, 0.5) is 0 Å². The van der Waals surface area contributed by atoms with Crippen molar-refractivity contribution >= 4 is 33.3 Å². The highest BCUT2D eigenvalue weighted by Crippen LogP contribution is 2.32. The van der Waals surface area contributed by atoms with E-state index in [9.17, 15) is 10.0 Å². The maximum Gasteiger partial charge on any atom is 0.137 e. The van der Waals surface area contributed by atoms with Crippen LogP contribution < -0.4 is 0 Å². The molecule has 1 saturated carbocycles. The fraction of sp³-hybridized carbons (Fsp3) is 0.355. The highest BCUT2D eigenvalue weighted by molar-refractivity contribution is 6.17. The van der Waals surface area contributed by atoms with E-state index < -0.39 is 0 Å². The summed E-state index contributed by atoms with van der Waals surface area (Å²) in [6, 6.07) is 20.7. The summed E-state index contributed by atoms with van der Waals surface area (Å²) in [6.07, 6.45) is 7.47. The number of carbonyl (C=O) groups is 1. The Morgan fingerprint density at radius 1 is 0.971 bits per heavy atom. The lowest BCUT2D eigenvalue weighted by molar-refractivity contribution is -0.119. The van der Waals surface area contributed by atoms with Crippen molar-refractivity contribution in [2.75, 3.05) is 0 Å². The number of hydrogen-bond donors (Lipinski definition) is 1. The number of nitrogens with zero attached hydrogens (tertiary/aromatic N) is 2. The minimum absolute atomic E-state index is 0.352. The van der Waals surface area contributed by atoms with Gasteiger partial charge in [0.2, 0.25) is 0 Å². The molecule has 1 aromatic heterocycles. The predicted octanol–water partition coefficient (Wildman–Crippen LogP) is 7.43. The zero-order valence-corrected chi connectivity index (χ0v) is 20.8. The summed E-state index contributed by atoms with van der Waals surface area (Å²) in [5, 5.41) is 15.9. The average Bonchev–Trinajstić information content (AvgIpc) is 3.18. The summed E-state index contributed by atoms with van der Waals surface area (Å²) in [6.45, 7) is 5.04. The van der Waals surface area contributed by atoms with Gasteiger partial charge in [-0.05, 0) is 55.2 Å². The normalized spacial score (nSPS) is 15.2. The monoisotopic (exact) mass is 466 g/mol. The van der Waals surface area contributed by atoms with E-state index in [1.165, 1.54) is 37.6 Å². The second kappa shape index (κ2) is 10.1. The first-order valence-electron chi connectivity index (χ1n) is 12.9. The van der Waals surface area contributed by atoms with Crippen LogP contribution in [-0.4, -0.2) is 21.3 Å². The minimum Gasteiger partial charge on any atom is -0.410 e. The van der Waals surface area contributed by atoms with Crippen molar-refractivity contribution < 1.29 is 10.0 Å². The van der Waals surface area contributed by atoms with Crippen LogP contribution in [0.2, 0.25) is 0 Å². The summed E-state index contributed by atoms with van der Waals surface area (Å²) in [5.74, 6) is 0.924. The molecule has 0 bridgehead atoms. The van der Waals surface area contributed by atoms with Crippen LogP contribution in [0.1, 0.15) is 67.7 Å². The Bertz CT molecular complexity index is 1410. The Morgan fingerprint density at radius 3 is 2.40 bits per heavy atom. The van der Waals surface area contributed by atoms with E-state index in [2.05, 4.69) is 47.0 Å². The molecule has 180 valence electrons. The van der Waals surface area contributed by atoms with Crippen molar-refractivity contribution in [3.8, 4) is 0 Å². The minimum atomic E-state index is 0.352. The SMILES string of the molecule is CCn1c2ccc(CC(=O)CC3CCCCC3)cc2c2cc(C(=NO)c3ccccc3C)ccc21. The van der Waals surface area contributed by atoms with E-state index in [0.29, 0.717) is 30.3 Å². The van der Waals surface area contributed by atoms with Crippen molar-refractivity contribution in [2.45, 2.75) is 65.3 Å². The molecule has 0 aliphatic heterocycles. The highest BCUT2D eigenvalue weighted by Gasteiger charge is 2.19. The van der Waals surface area contributed by atoms with E-state index >= 15 is 0 Å². The number of benzene rings is 3. The van der Waals surface area contributed by atoms with E-state index in [-0.39, 0.29) is 0 Å². The second-order valence-corrected chi connectivity index (χ2v) is 10.0. The van der Waals surface area contributed by atoms with Gasteiger partial charge >= 0.3 is 0 Å². The topological polar surface area (TPSA) is 54.6 Å². The molecule has 1 heterocycles. The molecule has 1 N–H and O–H groups in total. The molecular weight excluding hydrogens is 432 g/mol. The number of rotatable bonds is 7. The number of carbonyl (C=O) groups excluding carboxylic acids is 1. The fourth-order valence-electron chi connectivity index (χ4n) is 5.87. The van der Waals surface area contributed by atoms with Crippen LogP contribution in [-0.2, 0) is 17.8 Å². The lowest BCUT2D eigenvalue weighted by atomic mass is 9.85. The Kier molecular flexibility index (Phi) is 6.72. The molecule has 1 aliphatic rings. The largest absolute Gasteiger partial charge is 0.410 e. The molecule has 1 aliphatic carbocycles. The summed E-state index contributed by atoms with van der Waals surface area (Å²) in [4.78, 5) is 12.9. The second-order valence-electron chi connectivity index (χ2n) is 10.0. The first-order chi connectivity index (χ1) is 17.1. The quantitative estimate of drug-likeness (QED) is 0.175. The number of ketones is 1. The molecule has 0 radical (unpaired) electrons. The van der Waals surface area contributed by atoms with Gasteiger partial charge in [0, 0.05) is 52.3 Å². The van der Waals surface area contributed by atoms with Crippen LogP contribution in [0, 0.1) is 12.8 Å². The molecule has 5 rings (SSSR count). The van der Waals surface area contributed by atoms with E-state index in [4.69, 9.17) is 0 Å². The third-order valence-corrected chi connectivity index (χ3v) is 7.66. The molecule has 4 nitrogen and oxygen atoms in total. The fourth-order valence-corrected chi connectivity index (χ4v) is 5.87.